The molecule has 1 atom stereocenters. The SMILES string of the molecule is CC(C)C1(C(C)C)OC(=O)N2CCCCC21. The van der Waals surface area contributed by atoms with Crippen molar-refractivity contribution < 1.29 is 9.53 Å². The van der Waals surface area contributed by atoms with E-state index in [0.717, 1.165) is 19.4 Å². The molecule has 2 rings (SSSR count). The molecule has 2 heterocycles. The van der Waals surface area contributed by atoms with E-state index in [1.807, 2.05) is 4.90 Å². The third-order valence-electron chi connectivity index (χ3n) is 4.33. The zero-order chi connectivity index (χ0) is 11.9. The van der Waals surface area contributed by atoms with Gasteiger partial charge >= 0.3 is 6.09 Å². The molecule has 2 fully saturated rings. The Morgan fingerprint density at radius 3 is 2.44 bits per heavy atom. The Morgan fingerprint density at radius 2 is 1.88 bits per heavy atom. The van der Waals surface area contributed by atoms with Crippen LogP contribution in [-0.4, -0.2) is 29.2 Å². The molecule has 92 valence electrons. The molecule has 1 unspecified atom stereocenters. The maximum Gasteiger partial charge on any atom is 0.410 e. The van der Waals surface area contributed by atoms with Crippen LogP contribution in [0.4, 0.5) is 4.79 Å². The Labute approximate surface area is 98.1 Å². The van der Waals surface area contributed by atoms with Crippen LogP contribution in [0.3, 0.4) is 0 Å². The van der Waals surface area contributed by atoms with Crippen molar-refractivity contribution in [2.45, 2.75) is 58.6 Å². The molecule has 0 aromatic rings. The summed E-state index contributed by atoms with van der Waals surface area (Å²) in [4.78, 5) is 13.9. The molecule has 0 bridgehead atoms. The number of carbonyl (C=O) groups excluding carboxylic acids is 1. The lowest BCUT2D eigenvalue weighted by atomic mass is 9.72. The van der Waals surface area contributed by atoms with Gasteiger partial charge < -0.3 is 9.64 Å². The third-order valence-corrected chi connectivity index (χ3v) is 4.33. The van der Waals surface area contributed by atoms with Crippen molar-refractivity contribution >= 4 is 6.09 Å². The van der Waals surface area contributed by atoms with E-state index in [1.165, 1.54) is 6.42 Å². The highest BCUT2D eigenvalue weighted by atomic mass is 16.6. The molecule has 3 nitrogen and oxygen atoms in total. The Morgan fingerprint density at radius 1 is 1.25 bits per heavy atom. The van der Waals surface area contributed by atoms with E-state index in [2.05, 4.69) is 27.7 Å². The van der Waals surface area contributed by atoms with Crippen LogP contribution in [0.5, 0.6) is 0 Å². The molecule has 0 radical (unpaired) electrons. The van der Waals surface area contributed by atoms with Gasteiger partial charge in [0.15, 0.2) is 0 Å². The smallest absolute Gasteiger partial charge is 0.410 e. The van der Waals surface area contributed by atoms with Crippen molar-refractivity contribution in [1.29, 1.82) is 0 Å². The minimum Gasteiger partial charge on any atom is -0.440 e. The van der Waals surface area contributed by atoms with Crippen molar-refractivity contribution in [3.63, 3.8) is 0 Å². The van der Waals surface area contributed by atoms with Gasteiger partial charge in [0.1, 0.15) is 5.60 Å². The van der Waals surface area contributed by atoms with E-state index in [9.17, 15) is 4.79 Å². The first kappa shape index (κ1) is 11.7. The molecule has 1 amide bonds. The van der Waals surface area contributed by atoms with Crippen molar-refractivity contribution in [3.8, 4) is 0 Å². The summed E-state index contributed by atoms with van der Waals surface area (Å²) in [6, 6.07) is 0.300. The molecular weight excluding hydrogens is 202 g/mol. The summed E-state index contributed by atoms with van der Waals surface area (Å²) in [5.74, 6) is 0.758. The van der Waals surface area contributed by atoms with Gasteiger partial charge in [-0.1, -0.05) is 27.7 Å². The Hall–Kier alpha value is -0.730. The molecule has 0 aromatic carbocycles. The number of ether oxygens (including phenoxy) is 1. The molecule has 0 aromatic heterocycles. The fourth-order valence-corrected chi connectivity index (χ4v) is 3.57. The number of hydrogen-bond acceptors (Lipinski definition) is 2. The Bertz CT molecular complexity index is 278. The summed E-state index contributed by atoms with van der Waals surface area (Å²) in [5.41, 5.74) is -0.266. The third kappa shape index (κ3) is 1.44. The predicted octanol–water partition coefficient (Wildman–Crippen LogP) is 3.04. The van der Waals surface area contributed by atoms with Crippen molar-refractivity contribution in [3.05, 3.63) is 0 Å². The van der Waals surface area contributed by atoms with Gasteiger partial charge in [-0.2, -0.15) is 0 Å². The summed E-state index contributed by atoms with van der Waals surface area (Å²) in [6.07, 6.45) is 3.35. The van der Waals surface area contributed by atoms with Gasteiger partial charge in [0.25, 0.3) is 0 Å². The Balaban J connectivity index is 2.35. The number of amides is 1. The molecular formula is C13H23NO2. The van der Waals surface area contributed by atoms with Crippen LogP contribution in [-0.2, 0) is 4.74 Å². The molecule has 2 aliphatic rings. The van der Waals surface area contributed by atoms with Gasteiger partial charge in [-0.3, -0.25) is 0 Å². The fraction of sp³-hybridized carbons (Fsp3) is 0.923. The largest absolute Gasteiger partial charge is 0.440 e. The zero-order valence-corrected chi connectivity index (χ0v) is 10.8. The number of piperidine rings is 1. The number of fused-ring (bicyclic) bond motifs is 1. The summed E-state index contributed by atoms with van der Waals surface area (Å²) < 4.78 is 5.81. The van der Waals surface area contributed by atoms with Crippen molar-refractivity contribution in [2.24, 2.45) is 11.8 Å². The zero-order valence-electron chi connectivity index (χ0n) is 10.8. The first-order valence-corrected chi connectivity index (χ1v) is 6.49. The van der Waals surface area contributed by atoms with E-state index in [-0.39, 0.29) is 11.7 Å². The van der Waals surface area contributed by atoms with E-state index < -0.39 is 0 Å². The molecule has 0 N–H and O–H groups in total. The number of rotatable bonds is 2. The van der Waals surface area contributed by atoms with Crippen molar-refractivity contribution in [1.82, 2.24) is 4.90 Å². The van der Waals surface area contributed by atoms with Gasteiger partial charge in [-0.15, -0.1) is 0 Å². The van der Waals surface area contributed by atoms with Gasteiger partial charge in [0.05, 0.1) is 6.04 Å². The second kappa shape index (κ2) is 3.94. The number of nitrogens with zero attached hydrogens (tertiary/aromatic N) is 1. The highest BCUT2D eigenvalue weighted by Crippen LogP contribution is 2.45. The molecule has 0 spiro atoms. The first-order chi connectivity index (χ1) is 7.50. The average Bonchev–Trinajstić information content (AvgIpc) is 2.54. The first-order valence-electron chi connectivity index (χ1n) is 6.49. The van der Waals surface area contributed by atoms with E-state index >= 15 is 0 Å². The molecule has 2 saturated heterocycles. The second-order valence-electron chi connectivity index (χ2n) is 5.74. The molecule has 2 aliphatic heterocycles. The van der Waals surface area contributed by atoms with Gasteiger partial charge in [0.2, 0.25) is 0 Å². The summed E-state index contributed by atoms with van der Waals surface area (Å²) in [6.45, 7) is 9.57. The van der Waals surface area contributed by atoms with Crippen LogP contribution in [0.1, 0.15) is 47.0 Å². The second-order valence-corrected chi connectivity index (χ2v) is 5.74. The van der Waals surface area contributed by atoms with Crippen molar-refractivity contribution in [2.75, 3.05) is 6.54 Å². The van der Waals surface area contributed by atoms with E-state index in [4.69, 9.17) is 4.74 Å². The minimum absolute atomic E-state index is 0.0906. The quantitative estimate of drug-likeness (QED) is 0.723. The number of hydrogen-bond donors (Lipinski definition) is 0. The van der Waals surface area contributed by atoms with Crippen LogP contribution >= 0.6 is 0 Å². The van der Waals surface area contributed by atoms with E-state index in [1.54, 1.807) is 0 Å². The fourth-order valence-electron chi connectivity index (χ4n) is 3.57. The summed E-state index contributed by atoms with van der Waals surface area (Å²) >= 11 is 0. The maximum absolute atomic E-state index is 11.9. The average molecular weight is 225 g/mol. The van der Waals surface area contributed by atoms with Crippen LogP contribution in [0.2, 0.25) is 0 Å². The summed E-state index contributed by atoms with van der Waals surface area (Å²) in [7, 11) is 0. The van der Waals surface area contributed by atoms with Crippen LogP contribution in [0.25, 0.3) is 0 Å². The van der Waals surface area contributed by atoms with Crippen LogP contribution in [0, 0.1) is 11.8 Å². The topological polar surface area (TPSA) is 29.5 Å². The normalized spacial score (nSPS) is 28.5. The standard InChI is InChI=1S/C13H23NO2/c1-9(2)13(10(3)4)11-7-5-6-8-14(11)12(15)16-13/h9-11H,5-8H2,1-4H3. The monoisotopic (exact) mass is 225 g/mol. The van der Waals surface area contributed by atoms with Gasteiger partial charge in [-0.25, -0.2) is 4.79 Å². The van der Waals surface area contributed by atoms with E-state index in [0.29, 0.717) is 17.9 Å². The molecule has 0 aliphatic carbocycles. The highest BCUT2D eigenvalue weighted by molar-refractivity contribution is 5.72. The Kier molecular flexibility index (Phi) is 2.89. The lowest BCUT2D eigenvalue weighted by Crippen LogP contribution is -2.54. The van der Waals surface area contributed by atoms with Gasteiger partial charge in [0, 0.05) is 6.54 Å². The van der Waals surface area contributed by atoms with Crippen LogP contribution in [0.15, 0.2) is 0 Å². The highest BCUT2D eigenvalue weighted by Gasteiger charge is 2.57. The number of cyclic esters (lactones) is 1. The molecule has 0 saturated carbocycles. The predicted molar refractivity (Wildman–Crippen MR) is 63.2 cm³/mol. The molecule has 3 heteroatoms. The maximum atomic E-state index is 11.9. The minimum atomic E-state index is -0.266. The van der Waals surface area contributed by atoms with Crippen LogP contribution < -0.4 is 0 Å². The molecule has 16 heavy (non-hydrogen) atoms. The van der Waals surface area contributed by atoms with Gasteiger partial charge in [-0.05, 0) is 31.1 Å². The lowest BCUT2D eigenvalue weighted by molar-refractivity contribution is -0.0505. The number of carbonyl (C=O) groups is 1. The summed E-state index contributed by atoms with van der Waals surface area (Å²) in [5, 5.41) is 0. The lowest BCUT2D eigenvalue weighted by Gasteiger charge is -2.42.